The molecular formula is C21H29N3O2. The molecule has 0 fully saturated rings. The number of hydrogen-bond acceptors (Lipinski definition) is 3. The molecule has 2 aromatic carbocycles. The van der Waals surface area contributed by atoms with E-state index in [2.05, 4.69) is 46.8 Å². The van der Waals surface area contributed by atoms with Crippen LogP contribution in [0.2, 0.25) is 0 Å². The van der Waals surface area contributed by atoms with E-state index in [4.69, 9.17) is 4.74 Å². The molecule has 0 radical (unpaired) electrons. The highest BCUT2D eigenvalue weighted by molar-refractivity contribution is 5.79. The monoisotopic (exact) mass is 355 g/mol. The number of methoxy groups -OCH3 is 1. The topological polar surface area (TPSA) is 65.9 Å². The van der Waals surface area contributed by atoms with Crippen molar-refractivity contribution < 1.29 is 9.84 Å². The summed E-state index contributed by atoms with van der Waals surface area (Å²) in [4.78, 5) is 4.28. The molecule has 2 aromatic rings. The Bertz CT molecular complexity index is 702. The molecule has 0 aromatic heterocycles. The zero-order valence-electron chi connectivity index (χ0n) is 15.8. The Morgan fingerprint density at radius 1 is 1.15 bits per heavy atom. The Balaban J connectivity index is 1.75. The number of aryl methyl sites for hydroxylation is 1. The van der Waals surface area contributed by atoms with Gasteiger partial charge in [-0.05, 0) is 43.4 Å². The molecule has 0 saturated carbocycles. The van der Waals surface area contributed by atoms with Gasteiger partial charge in [-0.15, -0.1) is 0 Å². The summed E-state index contributed by atoms with van der Waals surface area (Å²) in [6.45, 7) is 2.84. The van der Waals surface area contributed by atoms with E-state index in [9.17, 15) is 5.11 Å². The molecule has 0 aliphatic carbocycles. The predicted octanol–water partition coefficient (Wildman–Crippen LogP) is 3.13. The number of aromatic hydroxyl groups is 1. The first-order chi connectivity index (χ1) is 12.6. The fourth-order valence-electron chi connectivity index (χ4n) is 2.73. The fourth-order valence-corrected chi connectivity index (χ4v) is 2.73. The number of benzene rings is 2. The molecule has 5 nitrogen and oxygen atoms in total. The number of nitrogens with one attached hydrogen (secondary N) is 2. The quantitative estimate of drug-likeness (QED) is 0.503. The average molecular weight is 355 g/mol. The van der Waals surface area contributed by atoms with Gasteiger partial charge in [0.2, 0.25) is 0 Å². The van der Waals surface area contributed by atoms with Gasteiger partial charge in [0.1, 0.15) is 11.5 Å². The van der Waals surface area contributed by atoms with Crippen LogP contribution in [0.3, 0.4) is 0 Å². The van der Waals surface area contributed by atoms with Gasteiger partial charge >= 0.3 is 0 Å². The van der Waals surface area contributed by atoms with Crippen molar-refractivity contribution in [3.63, 3.8) is 0 Å². The Hall–Kier alpha value is -2.69. The second-order valence-corrected chi connectivity index (χ2v) is 6.31. The lowest BCUT2D eigenvalue weighted by molar-refractivity contribution is 0.406. The van der Waals surface area contributed by atoms with Crippen LogP contribution in [-0.2, 0) is 12.8 Å². The number of nitrogens with zero attached hydrogens (tertiary/aromatic N) is 1. The maximum absolute atomic E-state index is 10.0. The number of guanidine groups is 1. The summed E-state index contributed by atoms with van der Waals surface area (Å²) in [5.41, 5.74) is 2.23. The summed E-state index contributed by atoms with van der Waals surface area (Å²) < 4.78 is 5.10. The fraction of sp³-hybridized carbons (Fsp3) is 0.381. The lowest BCUT2D eigenvalue weighted by Gasteiger charge is -2.18. The van der Waals surface area contributed by atoms with Crippen molar-refractivity contribution in [2.75, 3.05) is 20.7 Å². The van der Waals surface area contributed by atoms with Crippen LogP contribution >= 0.6 is 0 Å². The van der Waals surface area contributed by atoms with Crippen molar-refractivity contribution in [1.82, 2.24) is 10.6 Å². The summed E-state index contributed by atoms with van der Waals surface area (Å²) in [5.74, 6) is 1.69. The molecule has 26 heavy (non-hydrogen) atoms. The Morgan fingerprint density at radius 3 is 2.58 bits per heavy atom. The first-order valence-corrected chi connectivity index (χ1v) is 8.99. The highest BCUT2D eigenvalue weighted by Crippen LogP contribution is 2.23. The molecule has 0 aliphatic heterocycles. The standard InChI is InChI=1S/C21H29N3O2/c1-16(9-10-17-7-5-4-6-8-17)24-21(22-2)23-14-13-18-11-12-19(26-3)15-20(18)25/h4-8,11-12,15-16,25H,9-10,13-14H2,1-3H3,(H2,22,23,24). The van der Waals surface area contributed by atoms with Gasteiger partial charge in [-0.3, -0.25) is 4.99 Å². The van der Waals surface area contributed by atoms with Gasteiger partial charge in [0.25, 0.3) is 0 Å². The first-order valence-electron chi connectivity index (χ1n) is 8.99. The van der Waals surface area contributed by atoms with Crippen molar-refractivity contribution in [2.24, 2.45) is 4.99 Å². The molecule has 3 N–H and O–H groups in total. The summed E-state index contributed by atoms with van der Waals surface area (Å²) in [5, 5.41) is 16.7. The van der Waals surface area contributed by atoms with Gasteiger partial charge in [0.05, 0.1) is 7.11 Å². The van der Waals surface area contributed by atoms with Gasteiger partial charge in [0, 0.05) is 25.7 Å². The molecule has 140 valence electrons. The van der Waals surface area contributed by atoms with Crippen LogP contribution in [0.4, 0.5) is 0 Å². The smallest absolute Gasteiger partial charge is 0.191 e. The Kier molecular flexibility index (Phi) is 7.80. The molecule has 0 bridgehead atoms. The average Bonchev–Trinajstić information content (AvgIpc) is 2.67. The van der Waals surface area contributed by atoms with Crippen LogP contribution in [0.15, 0.2) is 53.5 Å². The highest BCUT2D eigenvalue weighted by atomic mass is 16.5. The highest BCUT2D eigenvalue weighted by Gasteiger charge is 2.07. The number of ether oxygens (including phenoxy) is 1. The second kappa shape index (κ2) is 10.3. The van der Waals surface area contributed by atoms with E-state index >= 15 is 0 Å². The van der Waals surface area contributed by atoms with Gasteiger partial charge < -0.3 is 20.5 Å². The summed E-state index contributed by atoms with van der Waals surface area (Å²) in [6.07, 6.45) is 2.77. The van der Waals surface area contributed by atoms with Gasteiger partial charge in [-0.1, -0.05) is 36.4 Å². The van der Waals surface area contributed by atoms with Crippen LogP contribution in [0.1, 0.15) is 24.5 Å². The number of phenols is 1. The summed E-state index contributed by atoms with van der Waals surface area (Å²) in [7, 11) is 3.36. The minimum Gasteiger partial charge on any atom is -0.508 e. The first kappa shape index (κ1) is 19.6. The second-order valence-electron chi connectivity index (χ2n) is 6.31. The van der Waals surface area contributed by atoms with Gasteiger partial charge in [-0.25, -0.2) is 0 Å². The van der Waals surface area contributed by atoms with Crippen molar-refractivity contribution in [2.45, 2.75) is 32.2 Å². The van der Waals surface area contributed by atoms with E-state index in [0.717, 1.165) is 24.4 Å². The van der Waals surface area contributed by atoms with Crippen molar-refractivity contribution in [3.05, 3.63) is 59.7 Å². The van der Waals surface area contributed by atoms with Crippen molar-refractivity contribution in [1.29, 1.82) is 0 Å². The van der Waals surface area contributed by atoms with Gasteiger partial charge in [0.15, 0.2) is 5.96 Å². The van der Waals surface area contributed by atoms with E-state index in [1.54, 1.807) is 20.2 Å². The zero-order valence-corrected chi connectivity index (χ0v) is 15.8. The molecule has 0 heterocycles. The lowest BCUT2D eigenvalue weighted by atomic mass is 10.1. The van der Waals surface area contributed by atoms with E-state index < -0.39 is 0 Å². The Morgan fingerprint density at radius 2 is 1.92 bits per heavy atom. The molecule has 0 aliphatic rings. The minimum absolute atomic E-state index is 0.255. The van der Waals surface area contributed by atoms with Crippen LogP contribution in [-0.4, -0.2) is 37.8 Å². The third kappa shape index (κ3) is 6.31. The minimum atomic E-state index is 0.255. The molecule has 1 atom stereocenters. The van der Waals surface area contributed by atoms with E-state index in [1.165, 1.54) is 5.56 Å². The third-order valence-corrected chi connectivity index (χ3v) is 4.29. The zero-order chi connectivity index (χ0) is 18.8. The molecule has 2 rings (SSSR count). The molecular weight excluding hydrogens is 326 g/mol. The normalized spacial score (nSPS) is 12.5. The van der Waals surface area contributed by atoms with E-state index in [0.29, 0.717) is 24.8 Å². The number of phenolic OH excluding ortho intramolecular Hbond substituents is 1. The maximum atomic E-state index is 10.0. The summed E-state index contributed by atoms with van der Waals surface area (Å²) in [6, 6.07) is 16.2. The predicted molar refractivity (Wildman–Crippen MR) is 107 cm³/mol. The van der Waals surface area contributed by atoms with E-state index in [1.807, 2.05) is 18.2 Å². The number of aliphatic imine (C=N–C) groups is 1. The number of hydrogen-bond donors (Lipinski definition) is 3. The van der Waals surface area contributed by atoms with Crippen LogP contribution < -0.4 is 15.4 Å². The molecule has 0 spiro atoms. The van der Waals surface area contributed by atoms with Crippen LogP contribution in [0.5, 0.6) is 11.5 Å². The Labute approximate surface area is 156 Å². The molecule has 1 unspecified atom stereocenters. The summed E-state index contributed by atoms with van der Waals surface area (Å²) >= 11 is 0. The maximum Gasteiger partial charge on any atom is 0.191 e. The lowest BCUT2D eigenvalue weighted by Crippen LogP contribution is -2.43. The van der Waals surface area contributed by atoms with Gasteiger partial charge in [-0.2, -0.15) is 0 Å². The largest absolute Gasteiger partial charge is 0.508 e. The third-order valence-electron chi connectivity index (χ3n) is 4.29. The van der Waals surface area contributed by atoms with Crippen molar-refractivity contribution in [3.8, 4) is 11.5 Å². The SMILES string of the molecule is CN=C(NCCc1ccc(OC)cc1O)NC(C)CCc1ccccc1. The number of rotatable bonds is 8. The molecule has 0 amide bonds. The molecule has 5 heteroatoms. The van der Waals surface area contributed by atoms with Crippen LogP contribution in [0.25, 0.3) is 0 Å². The van der Waals surface area contributed by atoms with Crippen molar-refractivity contribution >= 4 is 5.96 Å². The van der Waals surface area contributed by atoms with E-state index in [-0.39, 0.29) is 5.75 Å². The van der Waals surface area contributed by atoms with Crippen LogP contribution in [0, 0.1) is 0 Å². The molecule has 0 saturated heterocycles.